The largest absolute Gasteiger partial charge is 0.294 e. The summed E-state index contributed by atoms with van der Waals surface area (Å²) >= 11 is 0. The van der Waals surface area contributed by atoms with Gasteiger partial charge in [0.15, 0.2) is 11.6 Å². The van der Waals surface area contributed by atoms with Gasteiger partial charge < -0.3 is 0 Å². The van der Waals surface area contributed by atoms with Gasteiger partial charge in [0.2, 0.25) is 0 Å². The highest BCUT2D eigenvalue weighted by atomic mass is 16.1. The van der Waals surface area contributed by atoms with Crippen LogP contribution in [-0.2, 0) is 25.7 Å². The molecule has 0 radical (unpaired) electrons. The van der Waals surface area contributed by atoms with Gasteiger partial charge in [-0.3, -0.25) is 9.59 Å². The predicted molar refractivity (Wildman–Crippen MR) is 164 cm³/mol. The Morgan fingerprint density at radius 1 is 0.425 bits per heavy atom. The van der Waals surface area contributed by atoms with Gasteiger partial charge in [0, 0.05) is 34.8 Å². The maximum Gasteiger partial charge on any atom is 0.167 e. The fourth-order valence-corrected chi connectivity index (χ4v) is 6.38. The van der Waals surface area contributed by atoms with Crippen molar-refractivity contribution in [3.8, 4) is 0 Å². The van der Waals surface area contributed by atoms with E-state index in [-0.39, 0.29) is 23.4 Å². The molecule has 0 saturated heterocycles. The van der Waals surface area contributed by atoms with Gasteiger partial charge in [-0.15, -0.1) is 0 Å². The summed E-state index contributed by atoms with van der Waals surface area (Å²) in [5, 5.41) is 0. The second kappa shape index (κ2) is 12.2. The van der Waals surface area contributed by atoms with Gasteiger partial charge in [-0.25, -0.2) is 0 Å². The Kier molecular flexibility index (Phi) is 8.45. The van der Waals surface area contributed by atoms with Crippen LogP contribution in [0.5, 0.6) is 0 Å². The number of ketones is 2. The summed E-state index contributed by atoms with van der Waals surface area (Å²) in [6, 6.07) is 33.3. The van der Waals surface area contributed by atoms with E-state index < -0.39 is 11.8 Å². The molecule has 1 fully saturated rings. The highest BCUT2D eigenvalue weighted by molar-refractivity contribution is 6.07. The Hall–Kier alpha value is -3.78. The van der Waals surface area contributed by atoms with Crippen molar-refractivity contribution >= 4 is 11.6 Å². The molecule has 1 aliphatic rings. The quantitative estimate of drug-likeness (QED) is 0.193. The van der Waals surface area contributed by atoms with Gasteiger partial charge in [0.1, 0.15) is 0 Å². The molecule has 5 rings (SSSR count). The molecule has 1 saturated carbocycles. The molecule has 4 atom stereocenters. The number of rotatable bonds is 10. The summed E-state index contributed by atoms with van der Waals surface area (Å²) in [6.07, 6.45) is 3.78. The second-order valence-corrected chi connectivity index (χ2v) is 11.1. The van der Waals surface area contributed by atoms with Crippen molar-refractivity contribution in [2.75, 3.05) is 0 Å². The van der Waals surface area contributed by atoms with Gasteiger partial charge in [-0.2, -0.15) is 0 Å². The van der Waals surface area contributed by atoms with Crippen molar-refractivity contribution in [2.45, 2.75) is 65.2 Å². The van der Waals surface area contributed by atoms with E-state index in [9.17, 15) is 9.59 Å². The molecule has 1 aliphatic carbocycles. The van der Waals surface area contributed by atoms with E-state index in [4.69, 9.17) is 0 Å². The minimum Gasteiger partial charge on any atom is -0.294 e. The lowest BCUT2D eigenvalue weighted by Crippen LogP contribution is -2.51. The summed E-state index contributed by atoms with van der Waals surface area (Å²) in [7, 11) is 0. The van der Waals surface area contributed by atoms with E-state index in [1.165, 1.54) is 22.3 Å². The molecule has 0 aliphatic heterocycles. The Morgan fingerprint density at radius 3 is 0.925 bits per heavy atom. The van der Waals surface area contributed by atoms with Crippen molar-refractivity contribution in [1.82, 2.24) is 0 Å². The van der Waals surface area contributed by atoms with Crippen molar-refractivity contribution in [3.05, 3.63) is 142 Å². The number of hydrogen-bond donors (Lipinski definition) is 0. The molecule has 40 heavy (non-hydrogen) atoms. The smallest absolute Gasteiger partial charge is 0.167 e. The average molecular weight is 529 g/mol. The van der Waals surface area contributed by atoms with E-state index >= 15 is 0 Å². The molecule has 0 unspecified atom stereocenters. The third kappa shape index (κ3) is 5.32. The first-order valence-electron chi connectivity index (χ1n) is 14.9. The van der Waals surface area contributed by atoms with Crippen LogP contribution in [0.15, 0.2) is 97.1 Å². The molecule has 0 aromatic heterocycles. The zero-order valence-electron chi connectivity index (χ0n) is 24.2. The van der Waals surface area contributed by atoms with E-state index in [0.29, 0.717) is 11.1 Å². The van der Waals surface area contributed by atoms with Gasteiger partial charge in [-0.05, 0) is 59.1 Å². The summed E-state index contributed by atoms with van der Waals surface area (Å²) in [5.74, 6) is -0.848. The lowest BCUT2D eigenvalue weighted by atomic mass is 9.49. The lowest BCUT2D eigenvalue weighted by molar-refractivity contribution is 0.0456. The van der Waals surface area contributed by atoms with Crippen LogP contribution in [-0.4, -0.2) is 11.6 Å². The Bertz CT molecular complexity index is 1330. The van der Waals surface area contributed by atoms with E-state index in [1.807, 2.05) is 48.5 Å². The number of carbonyl (C=O) groups is 2. The summed E-state index contributed by atoms with van der Waals surface area (Å²) in [6.45, 7) is 8.54. The number of benzene rings is 4. The zero-order chi connectivity index (χ0) is 28.2. The second-order valence-electron chi connectivity index (χ2n) is 11.1. The van der Waals surface area contributed by atoms with E-state index in [1.54, 1.807) is 0 Å². The maximum atomic E-state index is 14.3. The number of Topliss-reactive ketones (excluding diaryl/α,β-unsaturated/α-hetero) is 2. The van der Waals surface area contributed by atoms with Crippen LogP contribution in [0.25, 0.3) is 0 Å². The van der Waals surface area contributed by atoms with Crippen LogP contribution in [0.2, 0.25) is 0 Å². The highest BCUT2D eigenvalue weighted by Crippen LogP contribution is 2.59. The van der Waals surface area contributed by atoms with Crippen LogP contribution < -0.4 is 0 Å². The third-order valence-electron chi connectivity index (χ3n) is 8.99. The summed E-state index contributed by atoms with van der Waals surface area (Å²) in [4.78, 5) is 28.6. The zero-order valence-corrected chi connectivity index (χ0v) is 24.2. The Morgan fingerprint density at radius 2 is 0.675 bits per heavy atom. The minimum atomic E-state index is -0.422. The Balaban J connectivity index is 1.62. The highest BCUT2D eigenvalue weighted by Gasteiger charge is 2.57. The molecular weight excluding hydrogens is 488 g/mol. The van der Waals surface area contributed by atoms with Crippen molar-refractivity contribution in [3.63, 3.8) is 0 Å². The molecule has 0 heterocycles. The van der Waals surface area contributed by atoms with Crippen LogP contribution in [0.4, 0.5) is 0 Å². The van der Waals surface area contributed by atoms with Gasteiger partial charge in [0.05, 0.1) is 0 Å². The molecule has 4 aromatic rings. The lowest BCUT2D eigenvalue weighted by Gasteiger charge is -2.51. The molecule has 0 bridgehead atoms. The molecule has 0 N–H and O–H groups in total. The molecule has 0 amide bonds. The standard InChI is InChI=1S/C38H40O2/c1-5-25-9-17-29(18-10-25)33-34(30-19-11-26(6-2)12-20-30)36(38(40)32-23-15-28(8-4)16-24-32)35(33)37(39)31-21-13-27(7-3)14-22-31/h9-24,33-36H,5-8H2,1-4H3/t33-,34-,35+,36+/m0/s1. The van der Waals surface area contributed by atoms with Gasteiger partial charge in [0.25, 0.3) is 0 Å². The van der Waals surface area contributed by atoms with Crippen molar-refractivity contribution < 1.29 is 9.59 Å². The predicted octanol–water partition coefficient (Wildman–Crippen LogP) is 8.82. The third-order valence-corrected chi connectivity index (χ3v) is 8.99. The molecular formula is C38H40O2. The minimum absolute atomic E-state index is 0.0668. The first kappa shape index (κ1) is 27.8. The van der Waals surface area contributed by atoms with Crippen molar-refractivity contribution in [2.24, 2.45) is 11.8 Å². The van der Waals surface area contributed by atoms with Crippen LogP contribution in [0, 0.1) is 11.8 Å². The molecule has 4 aromatic carbocycles. The summed E-state index contributed by atoms with van der Waals surface area (Å²) in [5.41, 5.74) is 8.60. The first-order valence-corrected chi connectivity index (χ1v) is 14.9. The van der Waals surface area contributed by atoms with Gasteiger partial charge >= 0.3 is 0 Å². The average Bonchev–Trinajstić information content (AvgIpc) is 3.01. The van der Waals surface area contributed by atoms with Crippen molar-refractivity contribution in [1.29, 1.82) is 0 Å². The van der Waals surface area contributed by atoms with E-state index in [0.717, 1.165) is 36.8 Å². The SMILES string of the molecule is CCc1ccc(C(=O)[C@H]2[C@H](C(=O)c3ccc(CC)cc3)[C@@H](c3ccc(CC)cc3)[C@@H]2c2ccc(CC)cc2)cc1. The Labute approximate surface area is 239 Å². The van der Waals surface area contributed by atoms with Crippen LogP contribution in [0.1, 0.15) is 93.6 Å². The number of aryl methyl sites for hydroxylation is 4. The maximum absolute atomic E-state index is 14.3. The molecule has 0 spiro atoms. The van der Waals surface area contributed by atoms with Crippen LogP contribution >= 0.6 is 0 Å². The first-order chi connectivity index (χ1) is 19.5. The fraction of sp³-hybridized carbons (Fsp3) is 0.316. The van der Waals surface area contributed by atoms with Gasteiger partial charge in [-0.1, -0.05) is 125 Å². The molecule has 204 valence electrons. The molecule has 2 heteroatoms. The fourth-order valence-electron chi connectivity index (χ4n) is 6.38. The summed E-state index contributed by atoms with van der Waals surface area (Å²) < 4.78 is 0. The molecule has 2 nitrogen and oxygen atoms in total. The topological polar surface area (TPSA) is 34.1 Å². The monoisotopic (exact) mass is 528 g/mol. The normalized spacial score (nSPS) is 20.1. The number of carbonyl (C=O) groups excluding carboxylic acids is 2. The van der Waals surface area contributed by atoms with Crippen LogP contribution in [0.3, 0.4) is 0 Å². The number of hydrogen-bond acceptors (Lipinski definition) is 2. The van der Waals surface area contributed by atoms with E-state index in [2.05, 4.69) is 76.2 Å².